The molecule has 3 aromatic rings. The number of hydrogen-bond acceptors (Lipinski definition) is 6. The maximum atomic E-state index is 13.1. The minimum Gasteiger partial charge on any atom is -0.454 e. The highest BCUT2D eigenvalue weighted by atomic mass is 32.1. The number of carbonyl (C=O) groups is 2. The summed E-state index contributed by atoms with van der Waals surface area (Å²) in [5.41, 5.74) is 2.54. The van der Waals surface area contributed by atoms with Gasteiger partial charge in [-0.15, -0.1) is 11.3 Å². The lowest BCUT2D eigenvalue weighted by Gasteiger charge is -2.23. The zero-order valence-corrected chi connectivity index (χ0v) is 19.8. The number of aromatic nitrogens is 1. The maximum absolute atomic E-state index is 13.1. The summed E-state index contributed by atoms with van der Waals surface area (Å²) in [5.74, 6) is 0.660. The van der Waals surface area contributed by atoms with Crippen LogP contribution in [-0.2, 0) is 17.6 Å². The number of fused-ring (bicyclic) bond motifs is 2. The third kappa shape index (κ3) is 4.92. The molecular weight excluding hydrogens is 450 g/mol. The fraction of sp³-hybridized carbons (Fsp3) is 0.346. The molecule has 0 spiro atoms. The Hall–Kier alpha value is -3.39. The van der Waals surface area contributed by atoms with E-state index in [1.165, 1.54) is 16.9 Å². The van der Waals surface area contributed by atoms with Gasteiger partial charge in [0.25, 0.3) is 5.91 Å². The van der Waals surface area contributed by atoms with Gasteiger partial charge in [-0.25, -0.2) is 4.98 Å². The normalized spacial score (nSPS) is 17.0. The number of rotatable bonds is 7. The van der Waals surface area contributed by atoms with Crippen LogP contribution >= 0.6 is 11.3 Å². The average Bonchev–Trinajstić information content (AvgIpc) is 3.49. The first-order valence-corrected chi connectivity index (χ1v) is 12.4. The summed E-state index contributed by atoms with van der Waals surface area (Å²) in [4.78, 5) is 31.6. The standard InChI is InChI=1S/C26H27N3O4S/c1-16(10-11-17-6-3-2-4-7-17)27-25(31)19-8-5-9-22-23(19)28-26(34-22)29-24(30)18-12-13-20-21(14-18)33-15-32-20/h2-4,6-7,12-14,16,19H,5,8-11,15H2,1H3,(H,27,31)(H,28,29,30)/t16-,19+/m0/s1. The molecule has 2 heterocycles. The fourth-order valence-electron chi connectivity index (χ4n) is 4.38. The Labute approximate surface area is 202 Å². The number of nitrogens with one attached hydrogen (secondary N) is 2. The smallest absolute Gasteiger partial charge is 0.257 e. The van der Waals surface area contributed by atoms with Gasteiger partial charge in [0.2, 0.25) is 12.7 Å². The van der Waals surface area contributed by atoms with Gasteiger partial charge in [-0.05, 0) is 62.8 Å². The van der Waals surface area contributed by atoms with E-state index in [0.29, 0.717) is 22.2 Å². The number of ether oxygens (including phenoxy) is 2. The second kappa shape index (κ2) is 9.85. The van der Waals surface area contributed by atoms with Crippen LogP contribution in [-0.4, -0.2) is 29.6 Å². The van der Waals surface area contributed by atoms with E-state index in [0.717, 1.165) is 42.7 Å². The van der Waals surface area contributed by atoms with Crippen LogP contribution in [0.4, 0.5) is 5.13 Å². The molecule has 1 aliphatic carbocycles. The molecule has 0 saturated heterocycles. The molecule has 0 radical (unpaired) electrons. The highest BCUT2D eigenvalue weighted by Gasteiger charge is 2.31. The Morgan fingerprint density at radius 2 is 1.97 bits per heavy atom. The SMILES string of the molecule is C[C@@H](CCc1ccccc1)NC(=O)[C@@H]1CCCc2sc(NC(=O)c3ccc4c(c3)OCO4)nc21. The van der Waals surface area contributed by atoms with E-state index in [9.17, 15) is 9.59 Å². The molecule has 2 atom stereocenters. The minimum absolute atomic E-state index is 0.0143. The van der Waals surface area contributed by atoms with E-state index >= 15 is 0 Å². The van der Waals surface area contributed by atoms with Crippen molar-refractivity contribution in [1.82, 2.24) is 10.3 Å². The first-order valence-electron chi connectivity index (χ1n) is 11.6. The maximum Gasteiger partial charge on any atom is 0.257 e. The van der Waals surface area contributed by atoms with Gasteiger partial charge in [-0.3, -0.25) is 14.9 Å². The van der Waals surface area contributed by atoms with Crippen LogP contribution in [0.3, 0.4) is 0 Å². The summed E-state index contributed by atoms with van der Waals surface area (Å²) in [7, 11) is 0. The third-order valence-electron chi connectivity index (χ3n) is 6.22. The second-order valence-electron chi connectivity index (χ2n) is 8.73. The van der Waals surface area contributed by atoms with Crippen LogP contribution in [0.1, 0.15) is 58.6 Å². The quantitative estimate of drug-likeness (QED) is 0.516. The predicted octanol–water partition coefficient (Wildman–Crippen LogP) is 4.68. The van der Waals surface area contributed by atoms with E-state index in [1.54, 1.807) is 18.2 Å². The molecule has 0 fully saturated rings. The molecule has 176 valence electrons. The summed E-state index contributed by atoms with van der Waals surface area (Å²) < 4.78 is 10.7. The van der Waals surface area contributed by atoms with Crippen LogP contribution < -0.4 is 20.1 Å². The van der Waals surface area contributed by atoms with Gasteiger partial charge in [0.15, 0.2) is 16.6 Å². The van der Waals surface area contributed by atoms with Crippen molar-refractivity contribution in [2.75, 3.05) is 12.1 Å². The molecule has 7 nitrogen and oxygen atoms in total. The number of benzene rings is 2. The highest BCUT2D eigenvalue weighted by molar-refractivity contribution is 7.16. The molecule has 2 aliphatic rings. The van der Waals surface area contributed by atoms with Crippen LogP contribution in [0.2, 0.25) is 0 Å². The number of aryl methyl sites for hydroxylation is 2. The van der Waals surface area contributed by atoms with E-state index < -0.39 is 0 Å². The van der Waals surface area contributed by atoms with Gasteiger partial charge in [0, 0.05) is 16.5 Å². The molecule has 2 amide bonds. The molecule has 34 heavy (non-hydrogen) atoms. The summed E-state index contributed by atoms with van der Waals surface area (Å²) in [5, 5.41) is 6.58. The number of hydrogen-bond donors (Lipinski definition) is 2. The van der Waals surface area contributed by atoms with Crippen molar-refractivity contribution in [3.8, 4) is 11.5 Å². The van der Waals surface area contributed by atoms with Crippen LogP contribution in [0, 0.1) is 0 Å². The zero-order valence-electron chi connectivity index (χ0n) is 19.0. The minimum atomic E-state index is -0.282. The lowest BCUT2D eigenvalue weighted by atomic mass is 9.90. The van der Waals surface area contributed by atoms with Crippen LogP contribution in [0.5, 0.6) is 11.5 Å². The van der Waals surface area contributed by atoms with E-state index in [1.807, 2.05) is 25.1 Å². The number of nitrogens with zero attached hydrogens (tertiary/aromatic N) is 1. The summed E-state index contributed by atoms with van der Waals surface area (Å²) in [6, 6.07) is 15.5. The third-order valence-corrected chi connectivity index (χ3v) is 7.27. The van der Waals surface area contributed by atoms with Crippen molar-refractivity contribution >= 4 is 28.3 Å². The summed E-state index contributed by atoms with van der Waals surface area (Å²) in [6.07, 6.45) is 4.37. The molecular formula is C26H27N3O4S. The molecule has 0 saturated carbocycles. The molecule has 1 aromatic heterocycles. The van der Waals surface area contributed by atoms with Gasteiger partial charge in [-0.2, -0.15) is 0 Å². The Balaban J connectivity index is 1.22. The van der Waals surface area contributed by atoms with Gasteiger partial charge in [0.1, 0.15) is 0 Å². The van der Waals surface area contributed by atoms with Crippen molar-refractivity contribution in [1.29, 1.82) is 0 Å². The molecule has 0 bridgehead atoms. The number of carbonyl (C=O) groups excluding carboxylic acids is 2. The molecule has 8 heteroatoms. The second-order valence-corrected chi connectivity index (χ2v) is 9.81. The summed E-state index contributed by atoms with van der Waals surface area (Å²) in [6.45, 7) is 2.20. The lowest BCUT2D eigenvalue weighted by Crippen LogP contribution is -2.37. The molecule has 2 N–H and O–H groups in total. The molecule has 1 aliphatic heterocycles. The van der Waals surface area contributed by atoms with Gasteiger partial charge in [-0.1, -0.05) is 30.3 Å². The number of amides is 2. The topological polar surface area (TPSA) is 89.6 Å². The first-order chi connectivity index (χ1) is 16.6. The van der Waals surface area contributed by atoms with E-state index in [2.05, 4.69) is 27.8 Å². The average molecular weight is 478 g/mol. The number of anilines is 1. The lowest BCUT2D eigenvalue weighted by molar-refractivity contribution is -0.123. The van der Waals surface area contributed by atoms with Gasteiger partial charge in [0.05, 0.1) is 11.6 Å². The van der Waals surface area contributed by atoms with Gasteiger partial charge < -0.3 is 14.8 Å². The Morgan fingerprint density at radius 3 is 2.82 bits per heavy atom. The largest absolute Gasteiger partial charge is 0.454 e. The fourth-order valence-corrected chi connectivity index (χ4v) is 5.44. The Kier molecular flexibility index (Phi) is 6.49. The predicted molar refractivity (Wildman–Crippen MR) is 131 cm³/mol. The Bertz CT molecular complexity index is 1190. The molecule has 2 aromatic carbocycles. The van der Waals surface area contributed by atoms with Crippen LogP contribution in [0.25, 0.3) is 0 Å². The number of thiazole rings is 1. The van der Waals surface area contributed by atoms with Crippen molar-refractivity contribution in [3.05, 3.63) is 70.2 Å². The van der Waals surface area contributed by atoms with Crippen molar-refractivity contribution in [2.24, 2.45) is 0 Å². The van der Waals surface area contributed by atoms with E-state index in [-0.39, 0.29) is 30.6 Å². The van der Waals surface area contributed by atoms with E-state index in [4.69, 9.17) is 9.47 Å². The Morgan fingerprint density at radius 1 is 1.15 bits per heavy atom. The first kappa shape index (κ1) is 22.4. The summed E-state index contributed by atoms with van der Waals surface area (Å²) >= 11 is 1.45. The highest BCUT2D eigenvalue weighted by Crippen LogP contribution is 2.37. The monoisotopic (exact) mass is 477 g/mol. The van der Waals surface area contributed by atoms with Crippen molar-refractivity contribution in [2.45, 2.75) is 51.0 Å². The van der Waals surface area contributed by atoms with Crippen molar-refractivity contribution in [3.63, 3.8) is 0 Å². The molecule has 0 unspecified atom stereocenters. The van der Waals surface area contributed by atoms with Crippen molar-refractivity contribution < 1.29 is 19.1 Å². The zero-order chi connectivity index (χ0) is 23.5. The van der Waals surface area contributed by atoms with Crippen LogP contribution in [0.15, 0.2) is 48.5 Å². The van der Waals surface area contributed by atoms with Gasteiger partial charge >= 0.3 is 0 Å². The molecule has 5 rings (SSSR count).